The molecule has 0 aliphatic heterocycles. The summed E-state index contributed by atoms with van der Waals surface area (Å²) in [6.45, 7) is 9.92. The third-order valence-corrected chi connectivity index (χ3v) is 3.58. The van der Waals surface area contributed by atoms with Gasteiger partial charge in [-0.25, -0.2) is 0 Å². The Kier molecular flexibility index (Phi) is 10.7. The highest BCUT2D eigenvalue weighted by atomic mass is 16.6. The zero-order chi connectivity index (χ0) is 21.9. The molecule has 13 heteroatoms. The van der Waals surface area contributed by atoms with E-state index in [0.29, 0.717) is 12.1 Å². The number of hydrogen-bond acceptors (Lipinski definition) is 9. The molecule has 1 amide bonds. The zero-order valence-corrected chi connectivity index (χ0v) is 15.8. The molecular weight excluding hydrogens is 378 g/mol. The summed E-state index contributed by atoms with van der Waals surface area (Å²) >= 11 is 0. The Morgan fingerprint density at radius 2 is 1.50 bits per heavy atom. The molecule has 0 fully saturated rings. The van der Waals surface area contributed by atoms with Gasteiger partial charge in [-0.2, -0.15) is 0 Å². The van der Waals surface area contributed by atoms with Crippen LogP contribution in [-0.4, -0.2) is 56.9 Å². The first-order chi connectivity index (χ1) is 13.0. The van der Waals surface area contributed by atoms with E-state index in [2.05, 4.69) is 24.1 Å². The Morgan fingerprint density at radius 1 is 1.04 bits per heavy atom. The number of phenols is 1. The van der Waals surface area contributed by atoms with Gasteiger partial charge in [0.25, 0.3) is 11.4 Å². The number of non-ortho nitro benzene ring substituents is 1. The fraction of sp³-hybridized carbons (Fsp3) is 0.533. The highest BCUT2D eigenvalue weighted by molar-refractivity contribution is 5.72. The first-order valence-electron chi connectivity index (χ1n) is 8.32. The molecule has 2 N–H and O–H groups in total. The van der Waals surface area contributed by atoms with Crippen molar-refractivity contribution < 1.29 is 24.7 Å². The minimum atomic E-state index is -1.21. The van der Waals surface area contributed by atoms with E-state index in [4.69, 9.17) is 5.11 Å². The lowest BCUT2D eigenvalue weighted by atomic mass is 10.2. The Labute approximate surface area is 160 Å². The number of phenolic OH excluding ortho intramolecular Hbond substituents is 1. The Bertz CT molecular complexity index is 685. The smallest absolute Gasteiger partial charge is 0.324 e. The monoisotopic (exact) mass is 401 g/mol. The van der Waals surface area contributed by atoms with Gasteiger partial charge in [-0.15, -0.1) is 0 Å². The van der Waals surface area contributed by atoms with Gasteiger partial charge in [0.15, 0.2) is 0 Å². The summed E-state index contributed by atoms with van der Waals surface area (Å²) in [4.78, 5) is 40.6. The third kappa shape index (κ3) is 8.35. The number of rotatable bonds is 9. The van der Waals surface area contributed by atoms with Crippen LogP contribution < -0.4 is 5.32 Å². The second kappa shape index (κ2) is 12.1. The Morgan fingerprint density at radius 3 is 1.82 bits per heavy atom. The molecule has 13 nitrogen and oxygen atoms in total. The van der Waals surface area contributed by atoms with E-state index >= 15 is 0 Å². The van der Waals surface area contributed by atoms with Gasteiger partial charge in [0, 0.05) is 13.5 Å². The van der Waals surface area contributed by atoms with Gasteiger partial charge in [0.05, 0.1) is 26.9 Å². The second-order valence-electron chi connectivity index (χ2n) is 5.47. The molecule has 156 valence electrons. The summed E-state index contributed by atoms with van der Waals surface area (Å²) in [6.07, 6.45) is 1.04. The Hall–Kier alpha value is -3.35. The largest absolute Gasteiger partial charge is 0.497 e. The van der Waals surface area contributed by atoms with Crippen LogP contribution in [0.4, 0.5) is 17.1 Å². The van der Waals surface area contributed by atoms with E-state index in [0.717, 1.165) is 32.6 Å². The van der Waals surface area contributed by atoms with Crippen molar-refractivity contribution in [3.05, 3.63) is 42.5 Å². The van der Waals surface area contributed by atoms with Crippen molar-refractivity contribution in [1.29, 1.82) is 0 Å². The normalized spacial score (nSPS) is 10.0. The molecule has 1 aromatic carbocycles. The fourth-order valence-electron chi connectivity index (χ4n) is 2.08. The lowest BCUT2D eigenvalue weighted by Crippen LogP contribution is -2.28. The predicted octanol–water partition coefficient (Wildman–Crippen LogP) is 1.97. The molecule has 1 aromatic rings. The van der Waals surface area contributed by atoms with Crippen LogP contribution in [0.1, 0.15) is 27.2 Å². The molecule has 28 heavy (non-hydrogen) atoms. The summed E-state index contributed by atoms with van der Waals surface area (Å²) in [5.41, 5.74) is -3.00. The van der Waals surface area contributed by atoms with E-state index in [9.17, 15) is 35.1 Å². The molecule has 0 bridgehead atoms. The van der Waals surface area contributed by atoms with Crippen LogP contribution in [0.2, 0.25) is 0 Å². The van der Waals surface area contributed by atoms with Crippen LogP contribution >= 0.6 is 0 Å². The second-order valence-corrected chi connectivity index (χ2v) is 5.47. The molecule has 0 aliphatic rings. The first-order valence-corrected chi connectivity index (χ1v) is 8.32. The molecule has 0 spiro atoms. The summed E-state index contributed by atoms with van der Waals surface area (Å²) < 4.78 is 0. The zero-order valence-electron chi connectivity index (χ0n) is 15.8. The SMILES string of the molecule is CCN(CC)CCCNC(C)=O.O=[N+]([O-])c1cc([N+](=O)[O-])c(O)c([N+](=O)[O-])c1. The average Bonchev–Trinajstić information content (AvgIpc) is 2.61. The minimum Gasteiger partial charge on any atom is -0.497 e. The summed E-state index contributed by atoms with van der Waals surface area (Å²) in [6, 6.07) is 0.894. The molecule has 0 aliphatic carbocycles. The van der Waals surface area contributed by atoms with Crippen molar-refractivity contribution in [1.82, 2.24) is 10.2 Å². The number of nitrogens with zero attached hydrogens (tertiary/aromatic N) is 4. The number of carbonyl (C=O) groups is 1. The van der Waals surface area contributed by atoms with Crippen molar-refractivity contribution in [3.63, 3.8) is 0 Å². The molecule has 0 aromatic heterocycles. The van der Waals surface area contributed by atoms with Crippen LogP contribution in [0.3, 0.4) is 0 Å². The van der Waals surface area contributed by atoms with Crippen molar-refractivity contribution in [3.8, 4) is 5.75 Å². The van der Waals surface area contributed by atoms with Gasteiger partial charge < -0.3 is 15.3 Å². The van der Waals surface area contributed by atoms with E-state index < -0.39 is 37.6 Å². The van der Waals surface area contributed by atoms with Crippen molar-refractivity contribution in [2.24, 2.45) is 0 Å². The Balaban J connectivity index is 0.000000546. The van der Waals surface area contributed by atoms with Crippen LogP contribution in [0, 0.1) is 30.3 Å². The number of nitrogens with one attached hydrogen (secondary N) is 1. The lowest BCUT2D eigenvalue weighted by Gasteiger charge is -2.17. The molecule has 1 rings (SSSR count). The maximum atomic E-state index is 10.5. The maximum Gasteiger partial charge on any atom is 0.324 e. The number of amides is 1. The van der Waals surface area contributed by atoms with Crippen molar-refractivity contribution in [2.45, 2.75) is 27.2 Å². The average molecular weight is 401 g/mol. The number of aromatic hydroxyl groups is 1. The molecular formula is C15H23N5O8. The van der Waals surface area contributed by atoms with Gasteiger partial charge in [-0.1, -0.05) is 13.8 Å². The van der Waals surface area contributed by atoms with Gasteiger partial charge >= 0.3 is 11.4 Å². The molecule has 0 saturated carbocycles. The van der Waals surface area contributed by atoms with E-state index in [1.54, 1.807) is 6.92 Å². The highest BCUT2D eigenvalue weighted by Gasteiger charge is 2.30. The third-order valence-electron chi connectivity index (χ3n) is 3.58. The van der Waals surface area contributed by atoms with Gasteiger partial charge in [-0.3, -0.25) is 35.1 Å². The maximum absolute atomic E-state index is 10.5. The summed E-state index contributed by atoms with van der Waals surface area (Å²) in [5.74, 6) is -1.14. The molecule has 0 heterocycles. The van der Waals surface area contributed by atoms with E-state index in [-0.39, 0.29) is 5.91 Å². The molecule has 0 unspecified atom stereocenters. The van der Waals surface area contributed by atoms with E-state index in [1.165, 1.54) is 0 Å². The number of carbonyl (C=O) groups excluding carboxylic acids is 1. The predicted molar refractivity (Wildman–Crippen MR) is 99.2 cm³/mol. The van der Waals surface area contributed by atoms with Crippen molar-refractivity contribution in [2.75, 3.05) is 26.2 Å². The summed E-state index contributed by atoms with van der Waals surface area (Å²) in [5, 5.41) is 43.0. The fourth-order valence-corrected chi connectivity index (χ4v) is 2.08. The number of hydrogen-bond donors (Lipinski definition) is 2. The van der Waals surface area contributed by atoms with Crippen LogP contribution in [0.25, 0.3) is 0 Å². The molecule has 0 atom stereocenters. The topological polar surface area (TPSA) is 182 Å². The van der Waals surface area contributed by atoms with Gasteiger partial charge in [0.2, 0.25) is 5.91 Å². The summed E-state index contributed by atoms with van der Waals surface area (Å²) in [7, 11) is 0. The first kappa shape index (κ1) is 24.7. The number of nitro benzene ring substituents is 3. The van der Waals surface area contributed by atoms with Crippen molar-refractivity contribution >= 4 is 23.0 Å². The highest BCUT2D eigenvalue weighted by Crippen LogP contribution is 2.38. The van der Waals surface area contributed by atoms with Crippen LogP contribution in [0.15, 0.2) is 12.1 Å². The standard InChI is InChI=1S/C9H20N2O.C6H3N3O7/c1-4-11(5-2)8-6-7-10-9(3)12;10-6-4(8(13)14)1-3(7(11)12)2-5(6)9(15)16/h4-8H2,1-3H3,(H,10,12);1-2,10H. The van der Waals surface area contributed by atoms with Gasteiger partial charge in [-0.05, 0) is 26.1 Å². The van der Waals surface area contributed by atoms with Crippen LogP contribution in [0.5, 0.6) is 5.75 Å². The minimum absolute atomic E-state index is 0.0644. The quantitative estimate of drug-likeness (QED) is 0.355. The van der Waals surface area contributed by atoms with E-state index in [1.807, 2.05) is 0 Å². The lowest BCUT2D eigenvalue weighted by molar-refractivity contribution is -0.404. The number of benzene rings is 1. The molecule has 0 radical (unpaired) electrons. The molecule has 0 saturated heterocycles. The van der Waals surface area contributed by atoms with Gasteiger partial charge in [0.1, 0.15) is 0 Å². The number of nitro groups is 3. The van der Waals surface area contributed by atoms with Crippen LogP contribution in [-0.2, 0) is 4.79 Å².